The van der Waals surface area contributed by atoms with E-state index in [2.05, 4.69) is 19.9 Å². The third-order valence-electron chi connectivity index (χ3n) is 2.56. The number of aliphatic hydroxyl groups is 1. The van der Waals surface area contributed by atoms with Crippen LogP contribution in [0.5, 0.6) is 5.75 Å². The maximum atomic E-state index is 9.10. The van der Waals surface area contributed by atoms with Crippen LogP contribution in [0.15, 0.2) is 18.2 Å². The van der Waals surface area contributed by atoms with Crippen LogP contribution in [0, 0.1) is 5.92 Å². The second kappa shape index (κ2) is 5.17. The van der Waals surface area contributed by atoms with Gasteiger partial charge in [-0.25, -0.2) is 0 Å². The highest BCUT2D eigenvalue weighted by Gasteiger charge is 2.09. The van der Waals surface area contributed by atoms with Crippen LogP contribution in [-0.4, -0.2) is 18.8 Å². The number of ether oxygens (including phenoxy) is 1. The Morgan fingerprint density at radius 3 is 2.47 bits per heavy atom. The summed E-state index contributed by atoms with van der Waals surface area (Å²) in [5.74, 6) is 2.28. The summed E-state index contributed by atoms with van der Waals surface area (Å²) < 4.78 is 5.25. The molecule has 0 saturated carbocycles. The minimum Gasteiger partial charge on any atom is -0.497 e. The molecule has 0 aromatic heterocycles. The molecule has 1 aromatic rings. The number of aliphatic hydroxyl groups excluding tert-OH is 1. The fourth-order valence-corrected chi connectivity index (χ4v) is 1.41. The molecule has 1 aromatic carbocycles. The summed E-state index contributed by atoms with van der Waals surface area (Å²) in [6.45, 7) is 6.31. The summed E-state index contributed by atoms with van der Waals surface area (Å²) in [5, 5.41) is 9.10. The van der Waals surface area contributed by atoms with E-state index in [0.717, 1.165) is 17.2 Å². The Morgan fingerprint density at radius 1 is 1.33 bits per heavy atom. The second-order valence-electron chi connectivity index (χ2n) is 4.09. The van der Waals surface area contributed by atoms with Crippen molar-refractivity contribution in [3.63, 3.8) is 0 Å². The first kappa shape index (κ1) is 12.1. The van der Waals surface area contributed by atoms with Crippen molar-refractivity contribution in [1.82, 2.24) is 0 Å². The zero-order chi connectivity index (χ0) is 11.4. The molecule has 15 heavy (non-hydrogen) atoms. The molecule has 0 aliphatic rings. The normalized spacial score (nSPS) is 11.1. The first-order valence-electron chi connectivity index (χ1n) is 5.21. The Hall–Kier alpha value is -1.02. The molecular weight excluding hydrogens is 188 g/mol. The summed E-state index contributed by atoms with van der Waals surface area (Å²) >= 11 is 0. The molecule has 0 amide bonds. The van der Waals surface area contributed by atoms with Gasteiger partial charge in [0.25, 0.3) is 0 Å². The smallest absolute Gasteiger partial charge is 0.119 e. The van der Waals surface area contributed by atoms with E-state index < -0.39 is 0 Å². The van der Waals surface area contributed by atoms with Crippen molar-refractivity contribution in [3.8, 4) is 5.75 Å². The van der Waals surface area contributed by atoms with Gasteiger partial charge >= 0.3 is 0 Å². The molecule has 0 spiro atoms. The molecule has 1 radical (unpaired) electrons. The van der Waals surface area contributed by atoms with Crippen molar-refractivity contribution in [2.75, 3.05) is 13.7 Å². The van der Waals surface area contributed by atoms with Crippen LogP contribution in [0.4, 0.5) is 0 Å². The zero-order valence-electron chi connectivity index (χ0n) is 9.87. The van der Waals surface area contributed by atoms with E-state index in [0.29, 0.717) is 5.92 Å². The number of hydrogen-bond donors (Lipinski definition) is 1. The Bertz CT molecular complexity index is 318. The summed E-state index contributed by atoms with van der Waals surface area (Å²) in [7, 11) is 1.66. The van der Waals surface area contributed by atoms with Crippen LogP contribution >= 0.6 is 0 Å². The topological polar surface area (TPSA) is 29.5 Å². The fraction of sp³-hybridized carbons (Fsp3) is 0.462. The number of hydrogen-bond acceptors (Lipinski definition) is 2. The number of rotatable bonds is 4. The molecule has 0 saturated heterocycles. The van der Waals surface area contributed by atoms with E-state index in [-0.39, 0.29) is 6.61 Å². The van der Waals surface area contributed by atoms with E-state index in [9.17, 15) is 0 Å². The van der Waals surface area contributed by atoms with Gasteiger partial charge in [-0.3, -0.25) is 0 Å². The van der Waals surface area contributed by atoms with Crippen molar-refractivity contribution in [2.45, 2.75) is 26.7 Å². The molecule has 0 aliphatic carbocycles. The van der Waals surface area contributed by atoms with E-state index >= 15 is 0 Å². The quantitative estimate of drug-likeness (QED) is 0.822. The van der Waals surface area contributed by atoms with Gasteiger partial charge in [0, 0.05) is 5.92 Å². The van der Waals surface area contributed by atoms with Crippen molar-refractivity contribution in [1.29, 1.82) is 0 Å². The van der Waals surface area contributed by atoms with Gasteiger partial charge in [-0.15, -0.1) is 0 Å². The van der Waals surface area contributed by atoms with E-state index in [1.165, 1.54) is 5.56 Å². The Kier molecular flexibility index (Phi) is 4.15. The predicted molar refractivity (Wildman–Crippen MR) is 62.2 cm³/mol. The van der Waals surface area contributed by atoms with Gasteiger partial charge in [-0.1, -0.05) is 26.8 Å². The SMILES string of the molecule is COc1cc([C](C)CO)cc(C(C)C)c1. The summed E-state index contributed by atoms with van der Waals surface area (Å²) in [6.07, 6.45) is 0. The van der Waals surface area contributed by atoms with E-state index in [4.69, 9.17) is 9.84 Å². The summed E-state index contributed by atoms with van der Waals surface area (Å²) in [5.41, 5.74) is 2.29. The number of methoxy groups -OCH3 is 1. The largest absolute Gasteiger partial charge is 0.497 e. The van der Waals surface area contributed by atoms with E-state index in [1.807, 2.05) is 19.1 Å². The third-order valence-corrected chi connectivity index (χ3v) is 2.56. The average molecular weight is 207 g/mol. The highest BCUT2D eigenvalue weighted by molar-refractivity contribution is 5.42. The molecule has 1 N–H and O–H groups in total. The molecule has 0 heterocycles. The lowest BCUT2D eigenvalue weighted by Crippen LogP contribution is -2.02. The fourth-order valence-electron chi connectivity index (χ4n) is 1.41. The molecule has 2 heteroatoms. The van der Waals surface area contributed by atoms with Crippen LogP contribution in [-0.2, 0) is 0 Å². The van der Waals surface area contributed by atoms with Crippen LogP contribution in [0.2, 0.25) is 0 Å². The molecule has 83 valence electrons. The molecule has 0 atom stereocenters. The Balaban J connectivity index is 3.11. The molecule has 0 bridgehead atoms. The predicted octanol–water partition coefficient (Wildman–Crippen LogP) is 2.75. The maximum absolute atomic E-state index is 9.10. The van der Waals surface area contributed by atoms with Crippen molar-refractivity contribution in [2.24, 2.45) is 0 Å². The molecule has 0 fully saturated rings. The summed E-state index contributed by atoms with van der Waals surface area (Å²) in [4.78, 5) is 0. The Morgan fingerprint density at radius 2 is 2.00 bits per heavy atom. The zero-order valence-corrected chi connectivity index (χ0v) is 9.87. The monoisotopic (exact) mass is 207 g/mol. The van der Waals surface area contributed by atoms with Crippen LogP contribution in [0.25, 0.3) is 0 Å². The molecule has 0 unspecified atom stereocenters. The second-order valence-corrected chi connectivity index (χ2v) is 4.09. The first-order chi connectivity index (χ1) is 7.08. The van der Waals surface area contributed by atoms with Gasteiger partial charge in [0.15, 0.2) is 0 Å². The van der Waals surface area contributed by atoms with Crippen LogP contribution in [0.3, 0.4) is 0 Å². The van der Waals surface area contributed by atoms with Crippen LogP contribution < -0.4 is 4.74 Å². The van der Waals surface area contributed by atoms with Crippen molar-refractivity contribution in [3.05, 3.63) is 35.2 Å². The van der Waals surface area contributed by atoms with Crippen molar-refractivity contribution < 1.29 is 9.84 Å². The maximum Gasteiger partial charge on any atom is 0.119 e. The van der Waals surface area contributed by atoms with Gasteiger partial charge in [0.1, 0.15) is 5.75 Å². The average Bonchev–Trinajstić information content (AvgIpc) is 2.27. The minimum atomic E-state index is 0.0880. The summed E-state index contributed by atoms with van der Waals surface area (Å²) in [6, 6.07) is 6.11. The van der Waals surface area contributed by atoms with Gasteiger partial charge in [-0.05, 0) is 29.2 Å². The van der Waals surface area contributed by atoms with Gasteiger partial charge in [-0.2, -0.15) is 0 Å². The van der Waals surface area contributed by atoms with Gasteiger partial charge in [0.2, 0.25) is 0 Å². The minimum absolute atomic E-state index is 0.0880. The molecule has 2 nitrogen and oxygen atoms in total. The highest BCUT2D eigenvalue weighted by Crippen LogP contribution is 2.26. The molecular formula is C13H19O2. The highest BCUT2D eigenvalue weighted by atomic mass is 16.5. The van der Waals surface area contributed by atoms with Crippen LogP contribution in [0.1, 0.15) is 37.8 Å². The number of benzene rings is 1. The molecule has 0 aliphatic heterocycles. The lowest BCUT2D eigenvalue weighted by Gasteiger charge is -2.14. The molecule has 1 rings (SSSR count). The first-order valence-corrected chi connectivity index (χ1v) is 5.21. The standard InChI is InChI=1S/C13H19O2/c1-9(2)11-5-12(10(3)8-14)7-13(6-11)15-4/h5-7,9,14H,8H2,1-4H3. The van der Waals surface area contributed by atoms with Gasteiger partial charge in [0.05, 0.1) is 13.7 Å². The lowest BCUT2D eigenvalue weighted by molar-refractivity contribution is 0.314. The lowest BCUT2D eigenvalue weighted by atomic mass is 9.95. The van der Waals surface area contributed by atoms with Crippen molar-refractivity contribution >= 4 is 0 Å². The third kappa shape index (κ3) is 2.96. The van der Waals surface area contributed by atoms with E-state index in [1.54, 1.807) is 7.11 Å². The Labute approximate surface area is 91.9 Å². The van der Waals surface area contributed by atoms with Gasteiger partial charge < -0.3 is 9.84 Å².